The Balaban J connectivity index is 1.89. The van der Waals surface area contributed by atoms with Crippen LogP contribution in [0.4, 0.5) is 5.82 Å². The van der Waals surface area contributed by atoms with Crippen molar-refractivity contribution in [2.75, 3.05) is 5.32 Å². The zero-order valence-electron chi connectivity index (χ0n) is 15.9. The highest BCUT2D eigenvalue weighted by Crippen LogP contribution is 2.38. The molecule has 4 aromatic rings. The molecule has 0 fully saturated rings. The molecular formula is C23H21N3O3. The molecule has 0 atom stereocenters. The van der Waals surface area contributed by atoms with Gasteiger partial charge in [0.2, 0.25) is 5.91 Å². The highest BCUT2D eigenvalue weighted by molar-refractivity contribution is 6.04. The molecule has 6 nitrogen and oxygen atoms in total. The summed E-state index contributed by atoms with van der Waals surface area (Å²) in [4.78, 5) is 12.1. The van der Waals surface area contributed by atoms with Crippen molar-refractivity contribution in [3.63, 3.8) is 0 Å². The lowest BCUT2D eigenvalue weighted by Gasteiger charge is -2.12. The minimum absolute atomic E-state index is 0.0744. The van der Waals surface area contributed by atoms with Gasteiger partial charge in [-0.05, 0) is 65.1 Å². The van der Waals surface area contributed by atoms with Crippen molar-refractivity contribution in [1.82, 2.24) is 10.2 Å². The van der Waals surface area contributed by atoms with Gasteiger partial charge in [-0.15, -0.1) is 0 Å². The third-order valence-corrected chi connectivity index (χ3v) is 4.79. The van der Waals surface area contributed by atoms with Gasteiger partial charge in [-0.3, -0.25) is 9.89 Å². The number of nitrogens with zero attached hydrogens (tertiary/aromatic N) is 1. The Morgan fingerprint density at radius 2 is 1.48 bits per heavy atom. The topological polar surface area (TPSA) is 98.2 Å². The van der Waals surface area contributed by atoms with Gasteiger partial charge in [0.15, 0.2) is 5.82 Å². The Bertz CT molecular complexity index is 1160. The quantitative estimate of drug-likeness (QED) is 0.385. The summed E-state index contributed by atoms with van der Waals surface area (Å²) in [6.07, 6.45) is 1.20. The van der Waals surface area contributed by atoms with E-state index in [1.807, 2.05) is 43.3 Å². The van der Waals surface area contributed by atoms with Crippen LogP contribution in [0, 0.1) is 0 Å². The standard InChI is InChI=1S/C23H21N3O3/c1-2-3-22(29)24-23-20-12-18(14-4-8-16(27)9-5-14)19(13-21(20)25-26-23)15-6-10-17(28)11-7-15/h4-13,27-28H,2-3H2,1H3,(H2,24,25,26,29). The van der Waals surface area contributed by atoms with Crippen molar-refractivity contribution >= 4 is 22.6 Å². The van der Waals surface area contributed by atoms with Crippen molar-refractivity contribution in [2.24, 2.45) is 0 Å². The Hall–Kier alpha value is -3.80. The van der Waals surface area contributed by atoms with Gasteiger partial charge < -0.3 is 15.5 Å². The fraction of sp³-hybridized carbons (Fsp3) is 0.130. The van der Waals surface area contributed by atoms with E-state index in [2.05, 4.69) is 15.5 Å². The maximum Gasteiger partial charge on any atom is 0.225 e. The summed E-state index contributed by atoms with van der Waals surface area (Å²) < 4.78 is 0. The number of aromatic hydroxyl groups is 2. The fourth-order valence-corrected chi connectivity index (χ4v) is 3.34. The zero-order valence-corrected chi connectivity index (χ0v) is 15.9. The number of carbonyl (C=O) groups excluding carboxylic acids is 1. The molecule has 0 bridgehead atoms. The number of benzene rings is 3. The molecule has 0 saturated heterocycles. The maximum absolute atomic E-state index is 12.1. The van der Waals surface area contributed by atoms with E-state index in [-0.39, 0.29) is 17.4 Å². The summed E-state index contributed by atoms with van der Waals surface area (Å²) in [7, 11) is 0. The molecule has 3 aromatic carbocycles. The van der Waals surface area contributed by atoms with Crippen LogP contribution in [-0.4, -0.2) is 26.3 Å². The monoisotopic (exact) mass is 387 g/mol. The van der Waals surface area contributed by atoms with Crippen LogP contribution in [0.1, 0.15) is 19.8 Å². The van der Waals surface area contributed by atoms with Crippen molar-refractivity contribution in [3.05, 3.63) is 60.7 Å². The largest absolute Gasteiger partial charge is 0.508 e. The molecule has 6 heteroatoms. The second-order valence-electron chi connectivity index (χ2n) is 6.91. The number of rotatable bonds is 5. The molecule has 0 saturated carbocycles. The van der Waals surface area contributed by atoms with E-state index in [1.165, 1.54) is 0 Å². The van der Waals surface area contributed by atoms with Crippen LogP contribution < -0.4 is 5.32 Å². The summed E-state index contributed by atoms with van der Waals surface area (Å²) >= 11 is 0. The Kier molecular flexibility index (Phi) is 4.91. The molecule has 0 radical (unpaired) electrons. The number of fused-ring (bicyclic) bond motifs is 1. The van der Waals surface area contributed by atoms with Gasteiger partial charge in [0, 0.05) is 11.8 Å². The minimum Gasteiger partial charge on any atom is -0.508 e. The van der Waals surface area contributed by atoms with E-state index in [9.17, 15) is 15.0 Å². The summed E-state index contributed by atoms with van der Waals surface area (Å²) in [5.74, 6) is 0.811. The third kappa shape index (κ3) is 3.78. The van der Waals surface area contributed by atoms with Gasteiger partial charge in [0.05, 0.1) is 5.52 Å². The number of H-pyrrole nitrogens is 1. The normalized spacial score (nSPS) is 10.9. The number of hydrogen-bond acceptors (Lipinski definition) is 4. The molecule has 0 aliphatic heterocycles. The van der Waals surface area contributed by atoms with Crippen LogP contribution in [0.25, 0.3) is 33.2 Å². The van der Waals surface area contributed by atoms with Crippen molar-refractivity contribution in [2.45, 2.75) is 19.8 Å². The SMILES string of the molecule is CCCC(=O)Nc1n[nH]c2cc(-c3ccc(O)cc3)c(-c3ccc(O)cc3)cc12. The van der Waals surface area contributed by atoms with Gasteiger partial charge in [0.1, 0.15) is 11.5 Å². The van der Waals surface area contributed by atoms with Crippen molar-refractivity contribution in [1.29, 1.82) is 0 Å². The number of aromatic nitrogens is 2. The number of amides is 1. The van der Waals surface area contributed by atoms with Gasteiger partial charge in [0.25, 0.3) is 0 Å². The summed E-state index contributed by atoms with van der Waals surface area (Å²) in [6, 6.07) is 17.9. The van der Waals surface area contributed by atoms with Gasteiger partial charge in [-0.2, -0.15) is 5.10 Å². The predicted octanol–water partition coefficient (Wildman–Crippen LogP) is 5.05. The lowest BCUT2D eigenvalue weighted by atomic mass is 9.93. The van der Waals surface area contributed by atoms with E-state index in [0.717, 1.165) is 39.6 Å². The molecule has 4 N–H and O–H groups in total. The Morgan fingerprint density at radius 1 is 0.931 bits per heavy atom. The van der Waals surface area contributed by atoms with E-state index in [0.29, 0.717) is 12.2 Å². The lowest BCUT2D eigenvalue weighted by Crippen LogP contribution is -2.11. The lowest BCUT2D eigenvalue weighted by molar-refractivity contribution is -0.116. The fourth-order valence-electron chi connectivity index (χ4n) is 3.34. The van der Waals surface area contributed by atoms with Gasteiger partial charge >= 0.3 is 0 Å². The van der Waals surface area contributed by atoms with Crippen LogP contribution in [0.2, 0.25) is 0 Å². The highest BCUT2D eigenvalue weighted by atomic mass is 16.3. The van der Waals surface area contributed by atoms with Crippen LogP contribution in [0.15, 0.2) is 60.7 Å². The molecule has 1 amide bonds. The number of aromatic amines is 1. The van der Waals surface area contributed by atoms with Crippen LogP contribution >= 0.6 is 0 Å². The average Bonchev–Trinajstić information content (AvgIpc) is 3.10. The molecule has 29 heavy (non-hydrogen) atoms. The Labute approximate surface area is 167 Å². The molecule has 146 valence electrons. The number of carbonyl (C=O) groups is 1. The van der Waals surface area contributed by atoms with Gasteiger partial charge in [-0.25, -0.2) is 0 Å². The van der Waals surface area contributed by atoms with E-state index in [1.54, 1.807) is 24.3 Å². The number of phenols is 2. The first-order valence-corrected chi connectivity index (χ1v) is 9.46. The number of hydrogen-bond donors (Lipinski definition) is 4. The molecule has 0 spiro atoms. The van der Waals surface area contributed by atoms with Crippen LogP contribution in [0.3, 0.4) is 0 Å². The Morgan fingerprint density at radius 3 is 2.03 bits per heavy atom. The van der Waals surface area contributed by atoms with E-state index < -0.39 is 0 Å². The molecule has 1 heterocycles. The number of nitrogens with one attached hydrogen (secondary N) is 2. The molecule has 0 aliphatic carbocycles. The molecular weight excluding hydrogens is 366 g/mol. The highest BCUT2D eigenvalue weighted by Gasteiger charge is 2.15. The number of phenolic OH excluding ortho intramolecular Hbond substituents is 2. The second-order valence-corrected chi connectivity index (χ2v) is 6.91. The summed E-state index contributed by atoms with van der Waals surface area (Å²) in [6.45, 7) is 1.95. The third-order valence-electron chi connectivity index (χ3n) is 4.79. The summed E-state index contributed by atoms with van der Waals surface area (Å²) in [5.41, 5.74) is 4.51. The molecule has 1 aromatic heterocycles. The van der Waals surface area contributed by atoms with Crippen molar-refractivity contribution in [3.8, 4) is 33.8 Å². The molecule has 4 rings (SSSR count). The predicted molar refractivity (Wildman–Crippen MR) is 114 cm³/mol. The van der Waals surface area contributed by atoms with Crippen molar-refractivity contribution < 1.29 is 15.0 Å². The van der Waals surface area contributed by atoms with E-state index >= 15 is 0 Å². The minimum atomic E-state index is -0.0744. The maximum atomic E-state index is 12.1. The smallest absolute Gasteiger partial charge is 0.225 e. The van der Waals surface area contributed by atoms with Gasteiger partial charge in [-0.1, -0.05) is 31.2 Å². The zero-order chi connectivity index (χ0) is 20.4. The first kappa shape index (κ1) is 18.6. The van der Waals surface area contributed by atoms with E-state index in [4.69, 9.17) is 0 Å². The summed E-state index contributed by atoms with van der Waals surface area (Å²) in [5, 5.41) is 30.2. The number of anilines is 1. The van der Waals surface area contributed by atoms with Crippen LogP contribution in [0.5, 0.6) is 11.5 Å². The van der Waals surface area contributed by atoms with Crippen LogP contribution in [-0.2, 0) is 4.79 Å². The average molecular weight is 387 g/mol. The molecule has 0 unspecified atom stereocenters. The first-order chi connectivity index (χ1) is 14.0. The first-order valence-electron chi connectivity index (χ1n) is 9.46. The molecule has 0 aliphatic rings. The second kappa shape index (κ2) is 7.67.